The number of hydrogen-bond donors (Lipinski definition) is 2. The molecule has 1 unspecified atom stereocenters. The number of rotatable bonds is 10. The van der Waals surface area contributed by atoms with Crippen molar-refractivity contribution < 1.29 is 9.18 Å². The fourth-order valence-corrected chi connectivity index (χ4v) is 2.36. The van der Waals surface area contributed by atoms with Crippen molar-refractivity contribution in [3.05, 3.63) is 29.8 Å². The first-order chi connectivity index (χ1) is 12.5. The number of aliphatic imine (C=N–C) groups is 1. The molecule has 7 heteroatoms. The van der Waals surface area contributed by atoms with Crippen LogP contribution in [0.25, 0.3) is 0 Å². The zero-order chi connectivity index (χ0) is 19.4. The predicted octanol–water partition coefficient (Wildman–Crippen LogP) is 2.56. The molecular formula is C19H32FN5O. The molecule has 6 nitrogen and oxygen atoms in total. The number of guanidine groups is 1. The normalized spacial score (nSPS) is 12.6. The molecular weight excluding hydrogens is 333 g/mol. The molecule has 0 aliphatic carbocycles. The van der Waals surface area contributed by atoms with Crippen LogP contribution in [0.5, 0.6) is 0 Å². The predicted molar refractivity (Wildman–Crippen MR) is 103 cm³/mol. The highest BCUT2D eigenvalue weighted by Crippen LogP contribution is 2.11. The molecule has 0 radical (unpaired) electrons. The van der Waals surface area contributed by atoms with Crippen LogP contribution in [0.2, 0.25) is 0 Å². The third-order valence-electron chi connectivity index (χ3n) is 4.23. The number of pyridine rings is 1. The zero-order valence-electron chi connectivity index (χ0n) is 16.4. The van der Waals surface area contributed by atoms with Crippen molar-refractivity contribution >= 4 is 11.9 Å². The SMILES string of the molecule is CCCCC(CC)CNC(=NCc1ncccc1F)NCC(=O)N(C)C. The topological polar surface area (TPSA) is 69.6 Å². The van der Waals surface area contributed by atoms with Gasteiger partial charge in [-0.1, -0.05) is 33.1 Å². The molecule has 0 aliphatic heterocycles. The van der Waals surface area contributed by atoms with E-state index in [1.807, 2.05) is 0 Å². The average Bonchev–Trinajstić information content (AvgIpc) is 2.64. The van der Waals surface area contributed by atoms with E-state index in [2.05, 4.69) is 34.5 Å². The molecule has 0 saturated heterocycles. The van der Waals surface area contributed by atoms with Crippen molar-refractivity contribution in [2.24, 2.45) is 10.9 Å². The van der Waals surface area contributed by atoms with Crippen LogP contribution in [-0.2, 0) is 11.3 Å². The van der Waals surface area contributed by atoms with Gasteiger partial charge >= 0.3 is 0 Å². The second-order valence-electron chi connectivity index (χ2n) is 6.54. The second-order valence-corrected chi connectivity index (χ2v) is 6.54. The first kappa shape index (κ1) is 21.9. The Balaban J connectivity index is 2.72. The lowest BCUT2D eigenvalue weighted by Gasteiger charge is -2.19. The number of likely N-dealkylation sites (N-methyl/N-ethyl adjacent to an activating group) is 1. The van der Waals surface area contributed by atoms with Crippen LogP contribution in [0.3, 0.4) is 0 Å². The third-order valence-corrected chi connectivity index (χ3v) is 4.23. The number of aromatic nitrogens is 1. The van der Waals surface area contributed by atoms with E-state index < -0.39 is 0 Å². The fourth-order valence-electron chi connectivity index (χ4n) is 2.36. The van der Waals surface area contributed by atoms with Crippen LogP contribution in [0.15, 0.2) is 23.3 Å². The van der Waals surface area contributed by atoms with E-state index in [1.165, 1.54) is 23.8 Å². The molecule has 1 atom stereocenters. The van der Waals surface area contributed by atoms with Gasteiger partial charge in [0.1, 0.15) is 5.82 Å². The summed E-state index contributed by atoms with van der Waals surface area (Å²) < 4.78 is 13.7. The number of nitrogens with one attached hydrogen (secondary N) is 2. The Hall–Kier alpha value is -2.18. The van der Waals surface area contributed by atoms with E-state index in [4.69, 9.17) is 0 Å². The minimum Gasteiger partial charge on any atom is -0.356 e. The molecule has 1 amide bonds. The highest BCUT2D eigenvalue weighted by Gasteiger charge is 2.10. The smallest absolute Gasteiger partial charge is 0.241 e. The lowest BCUT2D eigenvalue weighted by Crippen LogP contribution is -2.44. The van der Waals surface area contributed by atoms with Gasteiger partial charge in [0.05, 0.1) is 18.8 Å². The Morgan fingerprint density at radius 3 is 2.73 bits per heavy atom. The molecule has 146 valence electrons. The zero-order valence-corrected chi connectivity index (χ0v) is 16.4. The largest absolute Gasteiger partial charge is 0.356 e. The molecule has 1 rings (SSSR count). The molecule has 0 fully saturated rings. The maximum Gasteiger partial charge on any atom is 0.241 e. The third kappa shape index (κ3) is 8.27. The van der Waals surface area contributed by atoms with E-state index in [1.54, 1.807) is 26.4 Å². The van der Waals surface area contributed by atoms with Crippen molar-refractivity contribution in [2.75, 3.05) is 27.2 Å². The summed E-state index contributed by atoms with van der Waals surface area (Å²) in [4.78, 5) is 21.7. The van der Waals surface area contributed by atoms with Gasteiger partial charge < -0.3 is 15.5 Å². The van der Waals surface area contributed by atoms with Gasteiger partial charge in [-0.15, -0.1) is 0 Å². The number of nitrogens with zero attached hydrogens (tertiary/aromatic N) is 3. The van der Waals surface area contributed by atoms with Gasteiger partial charge in [-0.3, -0.25) is 9.78 Å². The number of hydrogen-bond acceptors (Lipinski definition) is 3. The quantitative estimate of drug-likeness (QED) is 0.494. The summed E-state index contributed by atoms with van der Waals surface area (Å²) >= 11 is 0. The van der Waals surface area contributed by atoms with Gasteiger partial charge in [0.25, 0.3) is 0 Å². The van der Waals surface area contributed by atoms with Crippen molar-refractivity contribution in [1.82, 2.24) is 20.5 Å². The average molecular weight is 365 g/mol. The second kappa shape index (κ2) is 12.2. The van der Waals surface area contributed by atoms with E-state index in [-0.39, 0.29) is 30.5 Å². The van der Waals surface area contributed by atoms with Gasteiger partial charge in [-0.05, 0) is 24.5 Å². The molecule has 0 saturated carbocycles. The standard InChI is InChI=1S/C19H32FN5O/c1-5-7-9-15(6-2)12-22-19(24-14-18(26)25(3)4)23-13-17-16(20)10-8-11-21-17/h8,10-11,15H,5-7,9,12-14H2,1-4H3,(H2,22,23,24). The van der Waals surface area contributed by atoms with Crippen LogP contribution in [0.1, 0.15) is 45.2 Å². The van der Waals surface area contributed by atoms with Crippen LogP contribution in [-0.4, -0.2) is 48.9 Å². The maximum absolute atomic E-state index is 13.7. The highest BCUT2D eigenvalue weighted by atomic mass is 19.1. The van der Waals surface area contributed by atoms with Crippen LogP contribution < -0.4 is 10.6 Å². The summed E-state index contributed by atoms with van der Waals surface area (Å²) in [5, 5.41) is 6.31. The van der Waals surface area contributed by atoms with E-state index in [0.717, 1.165) is 19.4 Å². The lowest BCUT2D eigenvalue weighted by molar-refractivity contribution is -0.127. The van der Waals surface area contributed by atoms with Crippen LogP contribution >= 0.6 is 0 Å². The van der Waals surface area contributed by atoms with Gasteiger partial charge in [-0.2, -0.15) is 0 Å². The van der Waals surface area contributed by atoms with E-state index >= 15 is 0 Å². The lowest BCUT2D eigenvalue weighted by atomic mass is 9.99. The van der Waals surface area contributed by atoms with Gasteiger partial charge in [0.15, 0.2) is 5.96 Å². The number of halogens is 1. The summed E-state index contributed by atoms with van der Waals surface area (Å²) in [6.45, 7) is 5.37. The van der Waals surface area contributed by atoms with Crippen molar-refractivity contribution in [3.63, 3.8) is 0 Å². The first-order valence-corrected chi connectivity index (χ1v) is 9.29. The minimum atomic E-state index is -0.380. The maximum atomic E-state index is 13.7. The fraction of sp³-hybridized carbons (Fsp3) is 0.632. The number of carbonyl (C=O) groups excluding carboxylic acids is 1. The summed E-state index contributed by atoms with van der Waals surface area (Å²) in [5.41, 5.74) is 0.283. The molecule has 1 aromatic rings. The van der Waals surface area contributed by atoms with Gasteiger partial charge in [0, 0.05) is 26.8 Å². The van der Waals surface area contributed by atoms with E-state index in [0.29, 0.717) is 11.9 Å². The Bertz CT molecular complexity index is 577. The first-order valence-electron chi connectivity index (χ1n) is 9.29. The summed E-state index contributed by atoms with van der Waals surface area (Å²) in [6, 6.07) is 2.92. The number of amides is 1. The Morgan fingerprint density at radius 2 is 2.12 bits per heavy atom. The number of carbonyl (C=O) groups is 1. The number of unbranched alkanes of at least 4 members (excludes halogenated alkanes) is 1. The molecule has 1 aromatic heterocycles. The molecule has 0 bridgehead atoms. The Labute approximate surface area is 156 Å². The molecule has 26 heavy (non-hydrogen) atoms. The van der Waals surface area contributed by atoms with Crippen molar-refractivity contribution in [1.29, 1.82) is 0 Å². The van der Waals surface area contributed by atoms with Gasteiger partial charge in [-0.25, -0.2) is 9.38 Å². The molecule has 0 aromatic carbocycles. The van der Waals surface area contributed by atoms with Gasteiger partial charge in [0.2, 0.25) is 5.91 Å². The monoisotopic (exact) mass is 365 g/mol. The van der Waals surface area contributed by atoms with E-state index in [9.17, 15) is 9.18 Å². The van der Waals surface area contributed by atoms with Crippen molar-refractivity contribution in [2.45, 2.75) is 46.1 Å². The Morgan fingerprint density at radius 1 is 1.35 bits per heavy atom. The summed E-state index contributed by atoms with van der Waals surface area (Å²) in [5.74, 6) is 0.606. The highest BCUT2D eigenvalue weighted by molar-refractivity contribution is 5.86. The summed E-state index contributed by atoms with van der Waals surface area (Å²) in [7, 11) is 3.41. The van der Waals surface area contributed by atoms with Crippen molar-refractivity contribution in [3.8, 4) is 0 Å². The molecule has 0 aliphatic rings. The minimum absolute atomic E-state index is 0.0541. The Kier molecular flexibility index (Phi) is 10.3. The molecule has 2 N–H and O–H groups in total. The van der Waals surface area contributed by atoms with Crippen LogP contribution in [0, 0.1) is 11.7 Å². The van der Waals surface area contributed by atoms with Crippen LogP contribution in [0.4, 0.5) is 4.39 Å². The summed E-state index contributed by atoms with van der Waals surface area (Å²) in [6.07, 6.45) is 6.14. The molecule has 0 spiro atoms. The molecule has 1 heterocycles.